The highest BCUT2D eigenvalue weighted by Crippen LogP contribution is 2.43. The number of rotatable bonds is 10. The number of piperazine rings is 1. The summed E-state index contributed by atoms with van der Waals surface area (Å²) in [7, 11) is 0. The molecule has 2 aliphatic carbocycles. The van der Waals surface area contributed by atoms with Gasteiger partial charge < -0.3 is 25.2 Å². The van der Waals surface area contributed by atoms with Crippen LogP contribution >= 0.6 is 13.5 Å². The molecule has 274 valence electrons. The lowest BCUT2D eigenvalue weighted by molar-refractivity contribution is -0.163. The van der Waals surface area contributed by atoms with Crippen LogP contribution in [0.1, 0.15) is 85.8 Å². The standard InChI is InChI=1S/C38H47FN6O5.H2S/c39-31-11-10-27(21-32-28-8-4-5-9-29(28)35(48)43-42-32)20-30(31)36(49)45-18-16-44(17-19-45)34(47)23-41-37-12-14-38(15-13-37,50-25-37)24-40-33(46)22-26-6-2-1-3-7-26;/h4-5,8-11,20,26,41H,1-3,6-7,12-19,21-25H2,(H,40,46)(H,43,48);1H2. The van der Waals surface area contributed by atoms with Crippen molar-refractivity contribution in [3.8, 4) is 0 Å². The van der Waals surface area contributed by atoms with Crippen molar-refractivity contribution >= 4 is 42.0 Å². The predicted molar refractivity (Wildman–Crippen MR) is 197 cm³/mol. The van der Waals surface area contributed by atoms with E-state index < -0.39 is 11.7 Å². The quantitative estimate of drug-likeness (QED) is 0.290. The number of amides is 3. The number of carbonyl (C=O) groups excluding carboxylic acids is 3. The minimum absolute atomic E-state index is 0. The highest BCUT2D eigenvalue weighted by molar-refractivity contribution is 7.59. The summed E-state index contributed by atoms with van der Waals surface area (Å²) < 4.78 is 21.3. The first kappa shape index (κ1) is 37.0. The second-order valence-corrected chi connectivity index (χ2v) is 14.8. The molecular weight excluding hydrogens is 672 g/mol. The van der Waals surface area contributed by atoms with Crippen LogP contribution in [0.3, 0.4) is 0 Å². The van der Waals surface area contributed by atoms with Crippen LogP contribution in [0.5, 0.6) is 0 Å². The molecule has 13 heteroatoms. The van der Waals surface area contributed by atoms with Gasteiger partial charge in [-0.25, -0.2) is 9.49 Å². The van der Waals surface area contributed by atoms with E-state index in [-0.39, 0.29) is 54.1 Å². The molecule has 3 saturated heterocycles. The second-order valence-electron chi connectivity index (χ2n) is 14.8. The van der Waals surface area contributed by atoms with Crippen LogP contribution in [0.15, 0.2) is 47.3 Å². The fourth-order valence-electron chi connectivity index (χ4n) is 8.26. The van der Waals surface area contributed by atoms with Gasteiger partial charge in [-0.2, -0.15) is 18.6 Å². The lowest BCUT2D eigenvalue weighted by atomic mass is 9.71. The van der Waals surface area contributed by atoms with Crippen LogP contribution in [0, 0.1) is 11.7 Å². The molecule has 5 fully saturated rings. The van der Waals surface area contributed by atoms with Gasteiger partial charge in [-0.15, -0.1) is 0 Å². The molecule has 2 bridgehead atoms. The summed E-state index contributed by atoms with van der Waals surface area (Å²) in [6.45, 7) is 2.61. The number of carbonyl (C=O) groups is 3. The summed E-state index contributed by atoms with van der Waals surface area (Å²) in [5, 5.41) is 14.6. The van der Waals surface area contributed by atoms with Gasteiger partial charge in [-0.3, -0.25) is 19.2 Å². The Balaban J connectivity index is 0.00000448. The molecule has 0 spiro atoms. The van der Waals surface area contributed by atoms with E-state index in [0.29, 0.717) is 80.1 Å². The molecule has 0 unspecified atom stereocenters. The van der Waals surface area contributed by atoms with Crippen LogP contribution in [-0.2, 0) is 20.7 Å². The number of aromatic nitrogens is 2. The minimum Gasteiger partial charge on any atom is -0.371 e. The van der Waals surface area contributed by atoms with Crippen molar-refractivity contribution in [1.29, 1.82) is 0 Å². The Morgan fingerprint density at radius 3 is 2.35 bits per heavy atom. The molecule has 3 aliphatic heterocycles. The molecule has 3 N–H and O–H groups in total. The Hall–Kier alpha value is -3.81. The van der Waals surface area contributed by atoms with Crippen LogP contribution in [0.2, 0.25) is 0 Å². The molecule has 1 aromatic heterocycles. The van der Waals surface area contributed by atoms with Gasteiger partial charge >= 0.3 is 0 Å². The highest BCUT2D eigenvalue weighted by atomic mass is 32.1. The molecule has 2 aromatic carbocycles. The Bertz CT molecular complexity index is 1780. The number of aromatic amines is 1. The molecule has 11 nitrogen and oxygen atoms in total. The number of fused-ring (bicyclic) bond motifs is 4. The molecule has 51 heavy (non-hydrogen) atoms. The first-order chi connectivity index (χ1) is 24.2. The van der Waals surface area contributed by atoms with Crippen LogP contribution in [0.4, 0.5) is 4.39 Å². The summed E-state index contributed by atoms with van der Waals surface area (Å²) in [6.07, 6.45) is 10.4. The van der Waals surface area contributed by atoms with E-state index in [1.165, 1.54) is 25.3 Å². The first-order valence-corrected chi connectivity index (χ1v) is 18.2. The van der Waals surface area contributed by atoms with Gasteiger partial charge in [0.25, 0.3) is 11.5 Å². The molecule has 0 radical (unpaired) electrons. The molecule has 3 amide bonds. The molecule has 0 atom stereocenters. The summed E-state index contributed by atoms with van der Waals surface area (Å²) in [6, 6.07) is 11.6. The average Bonchev–Trinajstić information content (AvgIpc) is 3.16. The van der Waals surface area contributed by atoms with Crippen molar-refractivity contribution in [3.05, 3.63) is 75.5 Å². The van der Waals surface area contributed by atoms with Crippen LogP contribution < -0.4 is 16.2 Å². The number of H-pyrrole nitrogens is 1. The Kier molecular flexibility index (Phi) is 11.5. The van der Waals surface area contributed by atoms with Gasteiger partial charge in [0, 0.05) is 56.5 Å². The van der Waals surface area contributed by atoms with Crippen molar-refractivity contribution in [2.24, 2.45) is 5.92 Å². The normalized spacial score (nSPS) is 23.5. The van der Waals surface area contributed by atoms with E-state index >= 15 is 0 Å². The largest absolute Gasteiger partial charge is 0.371 e. The molecule has 4 heterocycles. The lowest BCUT2D eigenvalue weighted by Crippen LogP contribution is -2.65. The van der Waals surface area contributed by atoms with Gasteiger partial charge in [0.1, 0.15) is 5.82 Å². The zero-order valence-electron chi connectivity index (χ0n) is 29.1. The number of nitrogens with one attached hydrogen (secondary N) is 3. The zero-order valence-corrected chi connectivity index (χ0v) is 30.1. The SMILES string of the molecule is O=C(CC1CCCCC1)NCC12CCC(NCC(=O)N3CCN(C(=O)c4cc(Cc5n[nH]c(=O)c6ccccc56)ccc4F)CC3)(CC1)CO2.S. The Morgan fingerprint density at radius 2 is 1.65 bits per heavy atom. The van der Waals surface area contributed by atoms with E-state index in [2.05, 4.69) is 20.8 Å². The zero-order chi connectivity index (χ0) is 34.7. The van der Waals surface area contributed by atoms with Crippen molar-refractivity contribution < 1.29 is 23.5 Å². The monoisotopic (exact) mass is 720 g/mol. The van der Waals surface area contributed by atoms with Crippen molar-refractivity contribution in [2.45, 2.75) is 81.8 Å². The van der Waals surface area contributed by atoms with Crippen molar-refractivity contribution in [3.63, 3.8) is 0 Å². The fraction of sp³-hybridized carbons (Fsp3) is 0.553. The van der Waals surface area contributed by atoms with E-state index in [0.717, 1.165) is 38.5 Å². The molecule has 8 rings (SSSR count). The number of hydrogen-bond donors (Lipinski definition) is 3. The number of nitrogens with zero attached hydrogens (tertiary/aromatic N) is 3. The molecule has 2 saturated carbocycles. The maximum Gasteiger partial charge on any atom is 0.272 e. The lowest BCUT2D eigenvalue weighted by Gasteiger charge is -2.53. The first-order valence-electron chi connectivity index (χ1n) is 18.2. The summed E-state index contributed by atoms with van der Waals surface area (Å²) in [5.41, 5.74) is 0.464. The maximum atomic E-state index is 15.0. The van der Waals surface area contributed by atoms with Crippen LogP contribution in [-0.4, -0.2) is 94.7 Å². The van der Waals surface area contributed by atoms with Gasteiger partial charge in [0.05, 0.1) is 35.4 Å². The number of ether oxygens (including phenoxy) is 1. The summed E-state index contributed by atoms with van der Waals surface area (Å²) >= 11 is 0. The number of hydrogen-bond acceptors (Lipinski definition) is 7. The number of benzene rings is 2. The third-order valence-corrected chi connectivity index (χ3v) is 11.5. The van der Waals surface area contributed by atoms with Gasteiger partial charge in [-0.05, 0) is 68.2 Å². The minimum atomic E-state index is -0.604. The Labute approximate surface area is 304 Å². The second kappa shape index (κ2) is 15.8. The smallest absolute Gasteiger partial charge is 0.272 e. The van der Waals surface area contributed by atoms with E-state index in [1.54, 1.807) is 34.1 Å². The summed E-state index contributed by atoms with van der Waals surface area (Å²) in [4.78, 5) is 54.8. The third-order valence-electron chi connectivity index (χ3n) is 11.5. The maximum absolute atomic E-state index is 15.0. The van der Waals surface area contributed by atoms with E-state index in [4.69, 9.17) is 4.74 Å². The molecular formula is C38H49FN6O5S. The Morgan fingerprint density at radius 1 is 0.941 bits per heavy atom. The molecule has 3 aromatic rings. The van der Waals surface area contributed by atoms with Crippen molar-refractivity contribution in [2.75, 3.05) is 45.9 Å². The highest BCUT2D eigenvalue weighted by Gasteiger charge is 2.50. The third kappa shape index (κ3) is 8.31. The average molecular weight is 721 g/mol. The van der Waals surface area contributed by atoms with Gasteiger partial charge in [-0.1, -0.05) is 43.5 Å². The van der Waals surface area contributed by atoms with Crippen LogP contribution in [0.25, 0.3) is 10.8 Å². The van der Waals surface area contributed by atoms with Crippen molar-refractivity contribution in [1.82, 2.24) is 30.6 Å². The topological polar surface area (TPSA) is 137 Å². The molecule has 5 aliphatic rings. The van der Waals surface area contributed by atoms with Gasteiger partial charge in [0.2, 0.25) is 11.8 Å². The number of halogens is 1. The van der Waals surface area contributed by atoms with E-state index in [9.17, 15) is 23.6 Å². The summed E-state index contributed by atoms with van der Waals surface area (Å²) in [5.74, 6) is -0.401. The fourth-order valence-corrected chi connectivity index (χ4v) is 8.26. The van der Waals surface area contributed by atoms with E-state index in [1.807, 2.05) is 12.1 Å². The predicted octanol–water partition coefficient (Wildman–Crippen LogP) is 3.81. The van der Waals surface area contributed by atoms with Gasteiger partial charge in [0.15, 0.2) is 0 Å².